The molecule has 7 nitrogen and oxygen atoms in total. The molecular formula is C22H25N3O4. The summed E-state index contributed by atoms with van der Waals surface area (Å²) in [7, 11) is 0. The van der Waals surface area contributed by atoms with E-state index in [2.05, 4.69) is 10.2 Å². The monoisotopic (exact) mass is 395 g/mol. The van der Waals surface area contributed by atoms with Gasteiger partial charge in [0.05, 0.1) is 6.54 Å². The molecule has 152 valence electrons. The summed E-state index contributed by atoms with van der Waals surface area (Å²) in [4.78, 5) is 23.2. The molecule has 0 aliphatic rings. The van der Waals surface area contributed by atoms with E-state index in [4.69, 9.17) is 9.84 Å². The van der Waals surface area contributed by atoms with Crippen molar-refractivity contribution >= 4 is 5.97 Å². The van der Waals surface area contributed by atoms with Gasteiger partial charge in [0.15, 0.2) is 5.60 Å². The average Bonchev–Trinajstić information content (AvgIpc) is 3.03. The van der Waals surface area contributed by atoms with Crippen molar-refractivity contribution in [1.82, 2.24) is 14.8 Å². The maximum atomic E-state index is 12.1. The van der Waals surface area contributed by atoms with Crippen molar-refractivity contribution in [3.05, 3.63) is 82.0 Å². The molecule has 3 rings (SSSR count). The van der Waals surface area contributed by atoms with Crippen LogP contribution >= 0.6 is 0 Å². The summed E-state index contributed by atoms with van der Waals surface area (Å²) in [6, 6.07) is 17.2. The molecule has 0 amide bonds. The number of nitrogens with zero attached hydrogens (tertiary/aromatic N) is 2. The van der Waals surface area contributed by atoms with Gasteiger partial charge in [0.1, 0.15) is 11.6 Å². The Bertz CT molecular complexity index is 1000. The lowest BCUT2D eigenvalue weighted by Gasteiger charge is -2.21. The summed E-state index contributed by atoms with van der Waals surface area (Å²) in [5, 5.41) is 15.8. The van der Waals surface area contributed by atoms with E-state index in [1.54, 1.807) is 16.7 Å². The Morgan fingerprint density at radius 2 is 1.76 bits per heavy atom. The fourth-order valence-electron chi connectivity index (χ4n) is 2.98. The van der Waals surface area contributed by atoms with Gasteiger partial charge < -0.3 is 9.84 Å². The third-order valence-corrected chi connectivity index (χ3v) is 4.70. The minimum Gasteiger partial charge on any atom is -0.478 e. The molecule has 0 aliphatic heterocycles. The van der Waals surface area contributed by atoms with Crippen LogP contribution in [0, 0.1) is 0 Å². The number of nitrogens with one attached hydrogen (secondary N) is 1. The third-order valence-electron chi connectivity index (χ3n) is 4.70. The molecule has 29 heavy (non-hydrogen) atoms. The highest BCUT2D eigenvalue weighted by Crippen LogP contribution is 2.20. The van der Waals surface area contributed by atoms with Crippen molar-refractivity contribution in [3.63, 3.8) is 0 Å². The molecule has 0 spiro atoms. The summed E-state index contributed by atoms with van der Waals surface area (Å²) in [5.74, 6) is 0.245. The van der Waals surface area contributed by atoms with E-state index < -0.39 is 11.6 Å². The molecule has 0 aliphatic carbocycles. The fourth-order valence-corrected chi connectivity index (χ4v) is 2.98. The second-order valence-electron chi connectivity index (χ2n) is 7.43. The number of H-pyrrole nitrogens is 1. The Kier molecular flexibility index (Phi) is 6.16. The van der Waals surface area contributed by atoms with Crippen LogP contribution in [0.25, 0.3) is 0 Å². The molecule has 0 radical (unpaired) electrons. The van der Waals surface area contributed by atoms with Crippen molar-refractivity contribution in [2.45, 2.75) is 45.3 Å². The lowest BCUT2D eigenvalue weighted by Crippen LogP contribution is -2.37. The Morgan fingerprint density at radius 1 is 1.07 bits per heavy atom. The standard InChI is InChI=1S/C22H25N3O4/c1-22(2,20(26)27)29-18-13-11-16(12-14-18)9-6-10-19-23-24-21(28)25(19)15-17-7-4-3-5-8-17/h3-5,7-8,11-14H,6,9-10,15H2,1-2H3,(H,24,28)(H,26,27). The van der Waals surface area contributed by atoms with Gasteiger partial charge in [-0.2, -0.15) is 5.10 Å². The van der Waals surface area contributed by atoms with Crippen molar-refractivity contribution in [2.75, 3.05) is 0 Å². The van der Waals surface area contributed by atoms with E-state index in [1.165, 1.54) is 13.8 Å². The van der Waals surface area contributed by atoms with Crippen LogP contribution in [0.1, 0.15) is 37.2 Å². The summed E-state index contributed by atoms with van der Waals surface area (Å²) < 4.78 is 7.18. The predicted molar refractivity (Wildman–Crippen MR) is 109 cm³/mol. The number of aliphatic carboxylic acids is 1. The van der Waals surface area contributed by atoms with Crippen LogP contribution in [0.3, 0.4) is 0 Å². The van der Waals surface area contributed by atoms with E-state index >= 15 is 0 Å². The van der Waals surface area contributed by atoms with Gasteiger partial charge in [0.25, 0.3) is 0 Å². The van der Waals surface area contributed by atoms with Crippen LogP contribution in [-0.4, -0.2) is 31.4 Å². The van der Waals surface area contributed by atoms with Gasteiger partial charge in [-0.15, -0.1) is 0 Å². The highest BCUT2D eigenvalue weighted by Gasteiger charge is 2.29. The third kappa shape index (κ3) is 5.34. The highest BCUT2D eigenvalue weighted by atomic mass is 16.5. The molecule has 1 heterocycles. The number of ether oxygens (including phenoxy) is 1. The zero-order valence-electron chi connectivity index (χ0n) is 16.6. The topological polar surface area (TPSA) is 97.2 Å². The molecule has 0 atom stereocenters. The van der Waals surface area contributed by atoms with Gasteiger partial charge in [-0.3, -0.25) is 4.57 Å². The van der Waals surface area contributed by atoms with Crippen LogP contribution < -0.4 is 10.4 Å². The normalized spacial score (nSPS) is 11.4. The van der Waals surface area contributed by atoms with Gasteiger partial charge in [-0.25, -0.2) is 14.7 Å². The Labute approximate surface area is 169 Å². The summed E-state index contributed by atoms with van der Waals surface area (Å²) in [6.07, 6.45) is 2.32. The molecule has 0 saturated carbocycles. The number of carboxylic acid groups (broad SMARTS) is 1. The number of carboxylic acids is 1. The van der Waals surface area contributed by atoms with Crippen LogP contribution in [0.2, 0.25) is 0 Å². The highest BCUT2D eigenvalue weighted by molar-refractivity contribution is 5.76. The second-order valence-corrected chi connectivity index (χ2v) is 7.43. The smallest absolute Gasteiger partial charge is 0.347 e. The average molecular weight is 395 g/mol. The van der Waals surface area contributed by atoms with E-state index in [9.17, 15) is 9.59 Å². The van der Waals surface area contributed by atoms with Crippen molar-refractivity contribution in [3.8, 4) is 5.75 Å². The van der Waals surface area contributed by atoms with Gasteiger partial charge in [0.2, 0.25) is 0 Å². The van der Waals surface area contributed by atoms with Crippen LogP contribution in [-0.2, 0) is 24.2 Å². The molecule has 0 fully saturated rings. The van der Waals surface area contributed by atoms with Crippen molar-refractivity contribution in [2.24, 2.45) is 0 Å². The van der Waals surface area contributed by atoms with Gasteiger partial charge in [-0.05, 0) is 49.9 Å². The van der Waals surface area contributed by atoms with Crippen molar-refractivity contribution in [1.29, 1.82) is 0 Å². The zero-order chi connectivity index (χ0) is 20.9. The number of aromatic nitrogens is 3. The first-order chi connectivity index (χ1) is 13.8. The molecule has 2 aromatic carbocycles. The Hall–Kier alpha value is -3.35. The van der Waals surface area contributed by atoms with Gasteiger partial charge in [0, 0.05) is 6.42 Å². The van der Waals surface area contributed by atoms with Gasteiger partial charge in [-0.1, -0.05) is 42.5 Å². The first-order valence-corrected chi connectivity index (χ1v) is 9.54. The minimum absolute atomic E-state index is 0.202. The fraction of sp³-hybridized carbons (Fsp3) is 0.318. The number of benzene rings is 2. The molecule has 0 unspecified atom stereocenters. The molecule has 0 bridgehead atoms. The molecule has 2 N–H and O–H groups in total. The number of rotatable bonds is 9. The maximum Gasteiger partial charge on any atom is 0.347 e. The van der Waals surface area contributed by atoms with E-state index in [-0.39, 0.29) is 5.69 Å². The molecule has 0 saturated heterocycles. The van der Waals surface area contributed by atoms with E-state index in [0.29, 0.717) is 18.7 Å². The molecule has 7 heteroatoms. The number of hydrogen-bond acceptors (Lipinski definition) is 4. The summed E-state index contributed by atoms with van der Waals surface area (Å²) >= 11 is 0. The number of aryl methyl sites for hydroxylation is 2. The maximum absolute atomic E-state index is 12.1. The lowest BCUT2D eigenvalue weighted by molar-refractivity contribution is -0.152. The largest absolute Gasteiger partial charge is 0.478 e. The number of hydrogen-bond donors (Lipinski definition) is 2. The second kappa shape index (κ2) is 8.77. The SMILES string of the molecule is CC(C)(Oc1ccc(CCCc2n[nH]c(=O)n2Cc2ccccc2)cc1)C(=O)O. The molecule has 1 aromatic heterocycles. The first-order valence-electron chi connectivity index (χ1n) is 9.54. The first kappa shape index (κ1) is 20.4. The summed E-state index contributed by atoms with van der Waals surface area (Å²) in [6.45, 7) is 3.53. The van der Waals surface area contributed by atoms with Crippen LogP contribution in [0.15, 0.2) is 59.4 Å². The van der Waals surface area contributed by atoms with Crippen molar-refractivity contribution < 1.29 is 14.6 Å². The molecule has 3 aromatic rings. The predicted octanol–water partition coefficient (Wildman–Crippen LogP) is 3.04. The summed E-state index contributed by atoms with van der Waals surface area (Å²) in [5.41, 5.74) is 0.686. The quantitative estimate of drug-likeness (QED) is 0.580. The minimum atomic E-state index is -1.27. The Morgan fingerprint density at radius 3 is 2.41 bits per heavy atom. The van der Waals surface area contributed by atoms with E-state index in [1.807, 2.05) is 42.5 Å². The molecular weight excluding hydrogens is 370 g/mol. The van der Waals surface area contributed by atoms with Crippen LogP contribution in [0.4, 0.5) is 0 Å². The number of aromatic amines is 1. The lowest BCUT2D eigenvalue weighted by atomic mass is 10.1. The Balaban J connectivity index is 1.57. The van der Waals surface area contributed by atoms with Gasteiger partial charge >= 0.3 is 11.7 Å². The van der Waals surface area contributed by atoms with E-state index in [0.717, 1.165) is 29.8 Å². The van der Waals surface area contributed by atoms with Crippen LogP contribution in [0.5, 0.6) is 5.75 Å². The number of carbonyl (C=O) groups is 1. The zero-order valence-corrected chi connectivity index (χ0v) is 16.6.